The maximum absolute atomic E-state index is 5.82. The molecule has 0 amide bonds. The highest BCUT2D eigenvalue weighted by atomic mass is 35.5. The number of rotatable bonds is 8. The van der Waals surface area contributed by atoms with Crippen LogP contribution in [0.2, 0.25) is 5.02 Å². The topological polar surface area (TPSA) is 21.3 Å². The lowest BCUT2D eigenvalue weighted by atomic mass is 10.2. The van der Waals surface area contributed by atoms with Gasteiger partial charge in [-0.25, -0.2) is 0 Å². The summed E-state index contributed by atoms with van der Waals surface area (Å²) in [4.78, 5) is 0. The zero-order valence-corrected chi connectivity index (χ0v) is 12.3. The van der Waals surface area contributed by atoms with Gasteiger partial charge < -0.3 is 10.1 Å². The van der Waals surface area contributed by atoms with Gasteiger partial charge >= 0.3 is 0 Å². The summed E-state index contributed by atoms with van der Waals surface area (Å²) < 4.78 is 5.59. The number of halogens is 1. The third-order valence-corrected chi connectivity index (χ3v) is 3.76. The summed E-state index contributed by atoms with van der Waals surface area (Å²) in [5.41, 5.74) is 2.56. The first kappa shape index (κ1) is 14.5. The number of thiophene rings is 1. The Labute approximate surface area is 123 Å². The van der Waals surface area contributed by atoms with E-state index < -0.39 is 0 Å². The Morgan fingerprint density at radius 3 is 2.63 bits per heavy atom. The molecule has 0 aliphatic rings. The SMILES string of the molecule is Clc1ccc(COCCNCCc2ccsc2)cc1. The molecule has 102 valence electrons. The maximum Gasteiger partial charge on any atom is 0.0717 e. The molecule has 0 aliphatic carbocycles. The van der Waals surface area contributed by atoms with Crippen LogP contribution in [0.5, 0.6) is 0 Å². The van der Waals surface area contributed by atoms with Crippen molar-refractivity contribution >= 4 is 22.9 Å². The van der Waals surface area contributed by atoms with Gasteiger partial charge in [-0.05, 0) is 53.1 Å². The molecule has 0 radical (unpaired) electrons. The van der Waals surface area contributed by atoms with Crippen LogP contribution in [0, 0.1) is 0 Å². The van der Waals surface area contributed by atoms with Crippen LogP contribution in [0.15, 0.2) is 41.1 Å². The first-order valence-corrected chi connectivity index (χ1v) is 7.70. The Kier molecular flexibility index (Phi) is 6.37. The van der Waals surface area contributed by atoms with Crippen molar-refractivity contribution in [2.75, 3.05) is 19.7 Å². The summed E-state index contributed by atoms with van der Waals surface area (Å²) in [5, 5.41) is 8.45. The summed E-state index contributed by atoms with van der Waals surface area (Å²) >= 11 is 7.57. The van der Waals surface area contributed by atoms with E-state index in [-0.39, 0.29) is 0 Å². The minimum Gasteiger partial charge on any atom is -0.375 e. The lowest BCUT2D eigenvalue weighted by Crippen LogP contribution is -2.22. The van der Waals surface area contributed by atoms with Gasteiger partial charge in [0.2, 0.25) is 0 Å². The van der Waals surface area contributed by atoms with Gasteiger partial charge in [-0.15, -0.1) is 0 Å². The number of hydrogen-bond donors (Lipinski definition) is 1. The molecule has 0 saturated heterocycles. The second-order valence-electron chi connectivity index (χ2n) is 4.31. The molecule has 0 unspecified atom stereocenters. The fourth-order valence-corrected chi connectivity index (χ4v) is 2.54. The van der Waals surface area contributed by atoms with E-state index in [4.69, 9.17) is 16.3 Å². The standard InChI is InChI=1S/C15H18ClNOS/c16-15-3-1-13(2-4-15)11-18-9-8-17-7-5-14-6-10-19-12-14/h1-4,6,10,12,17H,5,7-9,11H2. The van der Waals surface area contributed by atoms with E-state index >= 15 is 0 Å². The number of benzene rings is 1. The van der Waals surface area contributed by atoms with E-state index in [1.165, 1.54) is 5.56 Å². The highest BCUT2D eigenvalue weighted by Gasteiger charge is 1.95. The quantitative estimate of drug-likeness (QED) is 0.749. The minimum atomic E-state index is 0.642. The second-order valence-corrected chi connectivity index (χ2v) is 5.53. The molecule has 1 heterocycles. The van der Waals surface area contributed by atoms with Gasteiger partial charge in [-0.3, -0.25) is 0 Å². The highest BCUT2D eigenvalue weighted by molar-refractivity contribution is 7.07. The van der Waals surface area contributed by atoms with Crippen LogP contribution in [0.25, 0.3) is 0 Å². The molecule has 0 spiro atoms. The van der Waals surface area contributed by atoms with Gasteiger partial charge in [0.05, 0.1) is 13.2 Å². The van der Waals surface area contributed by atoms with E-state index in [0.29, 0.717) is 6.61 Å². The van der Waals surface area contributed by atoms with E-state index in [9.17, 15) is 0 Å². The van der Waals surface area contributed by atoms with Crippen LogP contribution in [0.3, 0.4) is 0 Å². The van der Waals surface area contributed by atoms with Crippen molar-refractivity contribution in [2.24, 2.45) is 0 Å². The molecule has 2 rings (SSSR count). The summed E-state index contributed by atoms with van der Waals surface area (Å²) in [6, 6.07) is 9.93. The fraction of sp³-hybridized carbons (Fsp3) is 0.333. The molecule has 2 nitrogen and oxygen atoms in total. The van der Waals surface area contributed by atoms with E-state index in [1.807, 2.05) is 24.3 Å². The number of ether oxygens (including phenoxy) is 1. The molecule has 0 atom stereocenters. The first-order chi connectivity index (χ1) is 9.34. The monoisotopic (exact) mass is 295 g/mol. The van der Waals surface area contributed by atoms with E-state index in [2.05, 4.69) is 22.1 Å². The minimum absolute atomic E-state index is 0.642. The lowest BCUT2D eigenvalue weighted by Gasteiger charge is -2.06. The number of nitrogens with one attached hydrogen (secondary N) is 1. The van der Waals surface area contributed by atoms with Gasteiger partial charge in [0.15, 0.2) is 0 Å². The summed E-state index contributed by atoms with van der Waals surface area (Å²) in [6.45, 7) is 3.26. The molecule has 1 aromatic carbocycles. The van der Waals surface area contributed by atoms with Gasteiger partial charge in [-0.2, -0.15) is 11.3 Å². The molecule has 0 bridgehead atoms. The van der Waals surface area contributed by atoms with Crippen molar-refractivity contribution in [3.63, 3.8) is 0 Å². The number of hydrogen-bond acceptors (Lipinski definition) is 3. The van der Waals surface area contributed by atoms with E-state index in [1.54, 1.807) is 11.3 Å². The Bertz CT molecular complexity index is 456. The molecular formula is C15H18ClNOS. The smallest absolute Gasteiger partial charge is 0.0717 e. The molecule has 4 heteroatoms. The van der Waals surface area contributed by atoms with Crippen LogP contribution in [0.1, 0.15) is 11.1 Å². The Morgan fingerprint density at radius 1 is 1.05 bits per heavy atom. The Hall–Kier alpha value is -0.870. The third kappa shape index (κ3) is 5.74. The molecule has 0 saturated carbocycles. The lowest BCUT2D eigenvalue weighted by molar-refractivity contribution is 0.123. The average molecular weight is 296 g/mol. The molecule has 0 fully saturated rings. The summed E-state index contributed by atoms with van der Waals surface area (Å²) in [7, 11) is 0. The average Bonchev–Trinajstić information content (AvgIpc) is 2.93. The Balaban J connectivity index is 1.49. The molecule has 19 heavy (non-hydrogen) atoms. The predicted molar refractivity (Wildman–Crippen MR) is 82.0 cm³/mol. The molecule has 1 N–H and O–H groups in total. The van der Waals surface area contributed by atoms with Crippen molar-refractivity contribution < 1.29 is 4.74 Å². The van der Waals surface area contributed by atoms with Crippen LogP contribution < -0.4 is 5.32 Å². The largest absolute Gasteiger partial charge is 0.375 e. The molecule has 0 aliphatic heterocycles. The summed E-state index contributed by atoms with van der Waals surface area (Å²) in [6.07, 6.45) is 1.08. The molecule has 2 aromatic rings. The van der Waals surface area contributed by atoms with Gasteiger partial charge in [0.1, 0.15) is 0 Å². The molecular weight excluding hydrogens is 278 g/mol. The van der Waals surface area contributed by atoms with Gasteiger partial charge in [0, 0.05) is 11.6 Å². The van der Waals surface area contributed by atoms with Crippen molar-refractivity contribution in [1.29, 1.82) is 0 Å². The predicted octanol–water partition coefficient (Wildman–Crippen LogP) is 3.75. The van der Waals surface area contributed by atoms with Crippen LogP contribution in [-0.2, 0) is 17.8 Å². The zero-order valence-electron chi connectivity index (χ0n) is 10.8. The first-order valence-electron chi connectivity index (χ1n) is 6.38. The molecule has 1 aromatic heterocycles. The maximum atomic E-state index is 5.82. The van der Waals surface area contributed by atoms with E-state index in [0.717, 1.165) is 36.7 Å². The highest BCUT2D eigenvalue weighted by Crippen LogP contribution is 2.10. The van der Waals surface area contributed by atoms with Crippen LogP contribution >= 0.6 is 22.9 Å². The van der Waals surface area contributed by atoms with Crippen molar-refractivity contribution in [3.8, 4) is 0 Å². The second kappa shape index (κ2) is 8.33. The normalized spacial score (nSPS) is 10.8. The van der Waals surface area contributed by atoms with Crippen LogP contribution in [-0.4, -0.2) is 19.7 Å². The van der Waals surface area contributed by atoms with Crippen molar-refractivity contribution in [1.82, 2.24) is 5.32 Å². The van der Waals surface area contributed by atoms with Gasteiger partial charge in [-0.1, -0.05) is 23.7 Å². The zero-order chi connectivity index (χ0) is 13.3. The van der Waals surface area contributed by atoms with Gasteiger partial charge in [0.25, 0.3) is 0 Å². The fourth-order valence-electron chi connectivity index (χ4n) is 1.71. The third-order valence-electron chi connectivity index (χ3n) is 2.78. The Morgan fingerprint density at radius 2 is 1.89 bits per heavy atom. The van der Waals surface area contributed by atoms with Crippen LogP contribution in [0.4, 0.5) is 0 Å². The van der Waals surface area contributed by atoms with Crippen molar-refractivity contribution in [2.45, 2.75) is 13.0 Å². The van der Waals surface area contributed by atoms with Crippen molar-refractivity contribution in [3.05, 3.63) is 57.2 Å². The summed E-state index contributed by atoms with van der Waals surface area (Å²) in [5.74, 6) is 0.